The standard InChI is InChI=1S/C22H18O2/c1-15-12-13-19-18(14-15)20(16-8-4-2-5-9-16)22(24-19)21(23)17-10-6-3-7-11-17/h2-14,20,22H,1H3. The molecule has 24 heavy (non-hydrogen) atoms. The number of rotatable bonds is 3. The summed E-state index contributed by atoms with van der Waals surface area (Å²) >= 11 is 0. The second kappa shape index (κ2) is 5.97. The van der Waals surface area contributed by atoms with Crippen molar-refractivity contribution in [1.82, 2.24) is 0 Å². The van der Waals surface area contributed by atoms with E-state index in [-0.39, 0.29) is 11.7 Å². The third kappa shape index (κ3) is 2.50. The normalized spacial score (nSPS) is 18.7. The van der Waals surface area contributed by atoms with Crippen LogP contribution in [-0.4, -0.2) is 11.9 Å². The molecule has 0 saturated heterocycles. The van der Waals surface area contributed by atoms with Crippen molar-refractivity contribution in [2.45, 2.75) is 18.9 Å². The highest BCUT2D eigenvalue weighted by Crippen LogP contribution is 2.43. The quantitative estimate of drug-likeness (QED) is 0.651. The SMILES string of the molecule is Cc1ccc2c(c1)C(c1ccccc1)C(C(=O)c1ccccc1)O2. The van der Waals surface area contributed by atoms with E-state index in [2.05, 4.69) is 25.1 Å². The van der Waals surface area contributed by atoms with Crippen molar-refractivity contribution in [3.8, 4) is 5.75 Å². The highest BCUT2D eigenvalue weighted by molar-refractivity contribution is 6.01. The van der Waals surface area contributed by atoms with Crippen molar-refractivity contribution in [3.63, 3.8) is 0 Å². The van der Waals surface area contributed by atoms with E-state index in [4.69, 9.17) is 4.74 Å². The van der Waals surface area contributed by atoms with Crippen molar-refractivity contribution < 1.29 is 9.53 Å². The second-order valence-corrected chi connectivity index (χ2v) is 6.20. The molecule has 3 aromatic rings. The number of hydrogen-bond acceptors (Lipinski definition) is 2. The first kappa shape index (κ1) is 14.7. The van der Waals surface area contributed by atoms with Gasteiger partial charge in [-0.1, -0.05) is 78.4 Å². The van der Waals surface area contributed by atoms with Crippen molar-refractivity contribution >= 4 is 5.78 Å². The number of carbonyl (C=O) groups is 1. The van der Waals surface area contributed by atoms with Crippen molar-refractivity contribution in [2.24, 2.45) is 0 Å². The molecule has 2 heteroatoms. The van der Waals surface area contributed by atoms with Crippen LogP contribution >= 0.6 is 0 Å². The number of Topliss-reactive ketones (excluding diaryl/α,β-unsaturated/α-hetero) is 1. The Morgan fingerprint density at radius 3 is 2.25 bits per heavy atom. The predicted octanol–water partition coefficient (Wildman–Crippen LogP) is 4.77. The Balaban J connectivity index is 1.81. The van der Waals surface area contributed by atoms with Crippen LogP contribution in [0.1, 0.15) is 33.0 Å². The fourth-order valence-corrected chi connectivity index (χ4v) is 3.37. The first-order valence-electron chi connectivity index (χ1n) is 8.15. The molecule has 0 radical (unpaired) electrons. The number of ether oxygens (including phenoxy) is 1. The average Bonchev–Trinajstić information content (AvgIpc) is 3.01. The van der Waals surface area contributed by atoms with Crippen LogP contribution in [-0.2, 0) is 0 Å². The van der Waals surface area contributed by atoms with Crippen LogP contribution in [0.4, 0.5) is 0 Å². The number of carbonyl (C=O) groups excluding carboxylic acids is 1. The summed E-state index contributed by atoms with van der Waals surface area (Å²) in [5, 5.41) is 0. The zero-order valence-electron chi connectivity index (χ0n) is 13.5. The van der Waals surface area contributed by atoms with Gasteiger partial charge in [-0.3, -0.25) is 4.79 Å². The Morgan fingerprint density at radius 2 is 1.54 bits per heavy atom. The Hall–Kier alpha value is -2.87. The number of ketones is 1. The highest BCUT2D eigenvalue weighted by atomic mass is 16.5. The molecular formula is C22H18O2. The molecule has 0 bridgehead atoms. The van der Waals surface area contributed by atoms with E-state index >= 15 is 0 Å². The Kier molecular flexibility index (Phi) is 3.66. The van der Waals surface area contributed by atoms with Gasteiger partial charge in [-0.15, -0.1) is 0 Å². The van der Waals surface area contributed by atoms with E-state index < -0.39 is 6.10 Å². The topological polar surface area (TPSA) is 26.3 Å². The van der Waals surface area contributed by atoms with Crippen LogP contribution in [0.5, 0.6) is 5.75 Å². The number of aryl methyl sites for hydroxylation is 1. The van der Waals surface area contributed by atoms with Gasteiger partial charge in [0, 0.05) is 11.1 Å². The minimum absolute atomic E-state index is 0.0262. The lowest BCUT2D eigenvalue weighted by Crippen LogP contribution is -2.29. The first-order chi connectivity index (χ1) is 11.7. The molecule has 118 valence electrons. The molecule has 0 amide bonds. The molecule has 3 aromatic carbocycles. The highest BCUT2D eigenvalue weighted by Gasteiger charge is 2.40. The Labute approximate surface area is 141 Å². The van der Waals surface area contributed by atoms with Crippen LogP contribution < -0.4 is 4.74 Å². The summed E-state index contributed by atoms with van der Waals surface area (Å²) in [6.07, 6.45) is -0.522. The van der Waals surface area contributed by atoms with Gasteiger partial charge in [0.15, 0.2) is 6.10 Å². The first-order valence-corrected chi connectivity index (χ1v) is 8.15. The average molecular weight is 314 g/mol. The summed E-state index contributed by atoms with van der Waals surface area (Å²) in [6.45, 7) is 2.06. The van der Waals surface area contributed by atoms with Crippen LogP contribution in [0.3, 0.4) is 0 Å². The maximum absolute atomic E-state index is 13.1. The molecule has 0 saturated carbocycles. The molecule has 2 atom stereocenters. The van der Waals surface area contributed by atoms with Gasteiger partial charge < -0.3 is 4.74 Å². The summed E-state index contributed by atoms with van der Waals surface area (Å²) in [5.41, 5.74) is 4.06. The van der Waals surface area contributed by atoms with Gasteiger partial charge in [0.2, 0.25) is 5.78 Å². The van der Waals surface area contributed by atoms with Crippen LogP contribution in [0.2, 0.25) is 0 Å². The smallest absolute Gasteiger partial charge is 0.204 e. The monoisotopic (exact) mass is 314 g/mol. The summed E-state index contributed by atoms with van der Waals surface area (Å²) in [5.74, 6) is 0.760. The number of benzene rings is 3. The van der Waals surface area contributed by atoms with E-state index in [1.807, 2.05) is 60.7 Å². The van der Waals surface area contributed by atoms with Crippen molar-refractivity contribution in [3.05, 3.63) is 101 Å². The fourth-order valence-electron chi connectivity index (χ4n) is 3.37. The lowest BCUT2D eigenvalue weighted by molar-refractivity contribution is 0.0806. The third-order valence-corrected chi connectivity index (χ3v) is 4.53. The molecule has 0 spiro atoms. The largest absolute Gasteiger partial charge is 0.481 e. The van der Waals surface area contributed by atoms with Crippen molar-refractivity contribution in [1.29, 1.82) is 0 Å². The van der Waals surface area contributed by atoms with Gasteiger partial charge in [0.1, 0.15) is 5.75 Å². The van der Waals surface area contributed by atoms with Gasteiger partial charge in [0.05, 0.1) is 5.92 Å². The molecular weight excluding hydrogens is 296 g/mol. The van der Waals surface area contributed by atoms with E-state index in [9.17, 15) is 4.79 Å². The van der Waals surface area contributed by atoms with Crippen molar-refractivity contribution in [2.75, 3.05) is 0 Å². The van der Waals surface area contributed by atoms with E-state index in [0.29, 0.717) is 5.56 Å². The predicted molar refractivity (Wildman–Crippen MR) is 94.7 cm³/mol. The lowest BCUT2D eigenvalue weighted by atomic mass is 9.84. The van der Waals surface area contributed by atoms with E-state index in [0.717, 1.165) is 16.9 Å². The van der Waals surface area contributed by atoms with Crippen LogP contribution in [0.25, 0.3) is 0 Å². The maximum Gasteiger partial charge on any atom is 0.204 e. The molecule has 0 N–H and O–H groups in total. The molecule has 1 aliphatic rings. The number of fused-ring (bicyclic) bond motifs is 1. The third-order valence-electron chi connectivity index (χ3n) is 4.53. The molecule has 0 aromatic heterocycles. The molecule has 0 fully saturated rings. The van der Waals surface area contributed by atoms with Gasteiger partial charge in [-0.25, -0.2) is 0 Å². The van der Waals surface area contributed by atoms with Crippen LogP contribution in [0.15, 0.2) is 78.9 Å². The summed E-state index contributed by atoms with van der Waals surface area (Å²) < 4.78 is 6.10. The van der Waals surface area contributed by atoms with E-state index in [1.54, 1.807) is 0 Å². The fraction of sp³-hybridized carbons (Fsp3) is 0.136. The Bertz CT molecular complexity index is 869. The molecule has 2 nitrogen and oxygen atoms in total. The minimum Gasteiger partial charge on any atom is -0.481 e. The zero-order chi connectivity index (χ0) is 16.5. The molecule has 4 rings (SSSR count). The minimum atomic E-state index is -0.522. The van der Waals surface area contributed by atoms with Crippen LogP contribution in [0, 0.1) is 6.92 Å². The Morgan fingerprint density at radius 1 is 0.875 bits per heavy atom. The zero-order valence-corrected chi connectivity index (χ0v) is 13.5. The summed E-state index contributed by atoms with van der Waals surface area (Å²) in [6, 6.07) is 25.6. The maximum atomic E-state index is 13.1. The lowest BCUT2D eigenvalue weighted by Gasteiger charge is -2.18. The summed E-state index contributed by atoms with van der Waals surface area (Å²) in [7, 11) is 0. The number of hydrogen-bond donors (Lipinski definition) is 0. The summed E-state index contributed by atoms with van der Waals surface area (Å²) in [4.78, 5) is 13.1. The molecule has 0 aliphatic carbocycles. The molecule has 1 heterocycles. The van der Waals surface area contributed by atoms with Gasteiger partial charge in [0.25, 0.3) is 0 Å². The molecule has 1 aliphatic heterocycles. The molecule has 2 unspecified atom stereocenters. The van der Waals surface area contributed by atoms with Gasteiger partial charge >= 0.3 is 0 Å². The second-order valence-electron chi connectivity index (χ2n) is 6.20. The van der Waals surface area contributed by atoms with E-state index in [1.165, 1.54) is 5.56 Å². The van der Waals surface area contributed by atoms with Gasteiger partial charge in [-0.2, -0.15) is 0 Å². The van der Waals surface area contributed by atoms with Gasteiger partial charge in [-0.05, 0) is 18.6 Å².